The smallest absolute Gasteiger partial charge is 0.242 e. The lowest BCUT2D eigenvalue weighted by Gasteiger charge is -2.29. The molecule has 0 aliphatic heterocycles. The van der Waals surface area contributed by atoms with E-state index in [0.717, 1.165) is 42.6 Å². The summed E-state index contributed by atoms with van der Waals surface area (Å²) in [6.07, 6.45) is 5.05. The third-order valence-electron chi connectivity index (χ3n) is 4.44. The van der Waals surface area contributed by atoms with Crippen LogP contribution in [0.1, 0.15) is 49.6 Å². The number of aromatic amines is 1. The fraction of sp³-hybridized carbons (Fsp3) is 0.688. The second kappa shape index (κ2) is 7.42. The summed E-state index contributed by atoms with van der Waals surface area (Å²) in [5.41, 5.74) is 3.16. The van der Waals surface area contributed by atoms with Crippen molar-refractivity contribution in [3.05, 3.63) is 17.0 Å². The molecule has 0 radical (unpaired) electrons. The highest BCUT2D eigenvalue weighted by Crippen LogP contribution is 2.30. The Bertz CT molecular complexity index is 515. The van der Waals surface area contributed by atoms with Crippen molar-refractivity contribution in [1.82, 2.24) is 20.8 Å². The Hall–Kier alpha value is -1.85. The molecular formula is C16H26N4O2. The number of aryl methyl sites for hydroxylation is 2. The molecule has 0 bridgehead atoms. The lowest BCUT2D eigenvalue weighted by Crippen LogP contribution is -2.48. The topological polar surface area (TPSA) is 86.9 Å². The van der Waals surface area contributed by atoms with Crippen molar-refractivity contribution in [2.24, 2.45) is 5.92 Å². The summed E-state index contributed by atoms with van der Waals surface area (Å²) in [5.74, 6) is 0.336. The molecule has 1 fully saturated rings. The lowest BCUT2D eigenvalue weighted by molar-refractivity contribution is -0.128. The largest absolute Gasteiger partial charge is 0.354 e. The van der Waals surface area contributed by atoms with E-state index in [-0.39, 0.29) is 11.8 Å². The number of carbonyl (C=O) groups is 2. The van der Waals surface area contributed by atoms with Gasteiger partial charge in [-0.1, -0.05) is 19.3 Å². The summed E-state index contributed by atoms with van der Waals surface area (Å²) >= 11 is 0. The average molecular weight is 306 g/mol. The van der Waals surface area contributed by atoms with Gasteiger partial charge in [0.2, 0.25) is 11.8 Å². The van der Waals surface area contributed by atoms with Crippen molar-refractivity contribution in [3.8, 4) is 0 Å². The van der Waals surface area contributed by atoms with Crippen LogP contribution in [0.3, 0.4) is 0 Å². The van der Waals surface area contributed by atoms with Crippen molar-refractivity contribution >= 4 is 11.8 Å². The molecule has 3 N–H and O–H groups in total. The molecule has 0 aromatic carbocycles. The molecule has 2 amide bonds. The standard InChI is InChI=1S/C16H26N4O2/c1-10-14(11(2)20-19-10)7-8-17-16(22)15(18-12(3)21)9-13-5-4-6-13/h13,15H,4-9H2,1-3H3,(H,17,22)(H,18,21)(H,19,20)/t15-/m1/s1. The number of hydrogen-bond donors (Lipinski definition) is 3. The highest BCUT2D eigenvalue weighted by molar-refractivity contribution is 5.86. The van der Waals surface area contributed by atoms with Crippen LogP contribution in [-0.4, -0.2) is 34.6 Å². The molecule has 1 aliphatic carbocycles. The Kier molecular flexibility index (Phi) is 5.57. The molecule has 0 unspecified atom stereocenters. The van der Waals surface area contributed by atoms with Crippen LogP contribution in [0.5, 0.6) is 0 Å². The van der Waals surface area contributed by atoms with E-state index in [2.05, 4.69) is 20.8 Å². The van der Waals surface area contributed by atoms with E-state index in [4.69, 9.17) is 0 Å². The average Bonchev–Trinajstić information content (AvgIpc) is 2.72. The first kappa shape index (κ1) is 16.5. The highest BCUT2D eigenvalue weighted by atomic mass is 16.2. The van der Waals surface area contributed by atoms with E-state index in [1.54, 1.807) is 0 Å². The van der Waals surface area contributed by atoms with Gasteiger partial charge in [-0.25, -0.2) is 0 Å². The quantitative estimate of drug-likeness (QED) is 0.711. The van der Waals surface area contributed by atoms with E-state index < -0.39 is 6.04 Å². The van der Waals surface area contributed by atoms with Gasteiger partial charge in [0, 0.05) is 19.2 Å². The number of H-pyrrole nitrogens is 1. The predicted octanol–water partition coefficient (Wildman–Crippen LogP) is 1.38. The predicted molar refractivity (Wildman–Crippen MR) is 84.3 cm³/mol. The first-order chi connectivity index (χ1) is 10.5. The number of amides is 2. The third-order valence-corrected chi connectivity index (χ3v) is 4.44. The van der Waals surface area contributed by atoms with Crippen LogP contribution in [0, 0.1) is 19.8 Å². The molecule has 2 rings (SSSR count). The molecule has 0 saturated heterocycles. The molecule has 1 saturated carbocycles. The number of aromatic nitrogens is 2. The fourth-order valence-electron chi connectivity index (χ4n) is 2.92. The van der Waals surface area contributed by atoms with Gasteiger partial charge in [0.05, 0.1) is 5.69 Å². The molecular weight excluding hydrogens is 280 g/mol. The summed E-state index contributed by atoms with van der Waals surface area (Å²) in [6.45, 7) is 5.95. The Morgan fingerprint density at radius 1 is 1.36 bits per heavy atom. The number of carbonyl (C=O) groups excluding carboxylic acids is 2. The monoisotopic (exact) mass is 306 g/mol. The SMILES string of the molecule is CC(=O)N[C@H](CC1CCC1)C(=O)NCCc1c(C)n[nH]c1C. The normalized spacial score (nSPS) is 16.0. The van der Waals surface area contributed by atoms with E-state index in [1.165, 1.54) is 13.3 Å². The first-order valence-electron chi connectivity index (χ1n) is 8.02. The van der Waals surface area contributed by atoms with Gasteiger partial charge in [-0.15, -0.1) is 0 Å². The molecule has 22 heavy (non-hydrogen) atoms. The van der Waals surface area contributed by atoms with Gasteiger partial charge >= 0.3 is 0 Å². The summed E-state index contributed by atoms with van der Waals surface area (Å²) in [4.78, 5) is 23.6. The second-order valence-corrected chi connectivity index (χ2v) is 6.24. The summed E-state index contributed by atoms with van der Waals surface area (Å²) < 4.78 is 0. The van der Waals surface area contributed by atoms with Crippen molar-refractivity contribution in [3.63, 3.8) is 0 Å². The number of hydrogen-bond acceptors (Lipinski definition) is 3. The zero-order chi connectivity index (χ0) is 16.1. The van der Waals surface area contributed by atoms with Gasteiger partial charge in [-0.05, 0) is 38.2 Å². The van der Waals surface area contributed by atoms with Crippen molar-refractivity contribution in [1.29, 1.82) is 0 Å². The van der Waals surface area contributed by atoms with Gasteiger partial charge in [0.1, 0.15) is 6.04 Å². The molecule has 122 valence electrons. The number of nitrogens with zero attached hydrogens (tertiary/aromatic N) is 1. The maximum Gasteiger partial charge on any atom is 0.242 e. The van der Waals surface area contributed by atoms with E-state index >= 15 is 0 Å². The van der Waals surface area contributed by atoms with Crippen LogP contribution in [0.25, 0.3) is 0 Å². The molecule has 6 nitrogen and oxygen atoms in total. The summed E-state index contributed by atoms with van der Waals surface area (Å²) in [7, 11) is 0. The Labute approximate surface area is 131 Å². The first-order valence-corrected chi connectivity index (χ1v) is 8.02. The maximum atomic E-state index is 12.3. The molecule has 1 heterocycles. The Morgan fingerprint density at radius 2 is 2.09 bits per heavy atom. The van der Waals surface area contributed by atoms with Gasteiger partial charge in [0.25, 0.3) is 0 Å². The number of nitrogens with one attached hydrogen (secondary N) is 3. The van der Waals surface area contributed by atoms with Gasteiger partial charge in [0.15, 0.2) is 0 Å². The van der Waals surface area contributed by atoms with Crippen molar-refractivity contribution in [2.45, 2.75) is 58.9 Å². The second-order valence-electron chi connectivity index (χ2n) is 6.24. The van der Waals surface area contributed by atoms with Gasteiger partial charge in [-0.3, -0.25) is 14.7 Å². The minimum absolute atomic E-state index is 0.0825. The molecule has 1 aromatic rings. The van der Waals surface area contributed by atoms with Crippen molar-refractivity contribution < 1.29 is 9.59 Å². The highest BCUT2D eigenvalue weighted by Gasteiger charge is 2.27. The molecule has 1 atom stereocenters. The Morgan fingerprint density at radius 3 is 2.59 bits per heavy atom. The summed E-state index contributed by atoms with van der Waals surface area (Å²) in [5, 5.41) is 12.8. The molecule has 1 aliphatic rings. The van der Waals surface area contributed by atoms with E-state index in [1.807, 2.05) is 13.8 Å². The van der Waals surface area contributed by atoms with Crippen LogP contribution >= 0.6 is 0 Å². The zero-order valence-corrected chi connectivity index (χ0v) is 13.7. The molecule has 0 spiro atoms. The minimum atomic E-state index is -0.408. The van der Waals surface area contributed by atoms with Gasteiger partial charge in [-0.2, -0.15) is 5.10 Å². The van der Waals surface area contributed by atoms with Crippen LogP contribution in [0.4, 0.5) is 0 Å². The van der Waals surface area contributed by atoms with Crippen LogP contribution in [-0.2, 0) is 16.0 Å². The Balaban J connectivity index is 1.83. The van der Waals surface area contributed by atoms with Gasteiger partial charge < -0.3 is 10.6 Å². The van der Waals surface area contributed by atoms with E-state index in [0.29, 0.717) is 12.5 Å². The molecule has 1 aromatic heterocycles. The fourth-order valence-corrected chi connectivity index (χ4v) is 2.92. The zero-order valence-electron chi connectivity index (χ0n) is 13.7. The van der Waals surface area contributed by atoms with Crippen LogP contribution in [0.15, 0.2) is 0 Å². The lowest BCUT2D eigenvalue weighted by atomic mass is 9.80. The maximum absolute atomic E-state index is 12.3. The van der Waals surface area contributed by atoms with E-state index in [9.17, 15) is 9.59 Å². The molecule has 6 heteroatoms. The summed E-state index contributed by atoms with van der Waals surface area (Å²) in [6, 6.07) is -0.408. The third kappa shape index (κ3) is 4.32. The minimum Gasteiger partial charge on any atom is -0.354 e. The van der Waals surface area contributed by atoms with Crippen molar-refractivity contribution in [2.75, 3.05) is 6.54 Å². The van der Waals surface area contributed by atoms with Crippen LogP contribution < -0.4 is 10.6 Å². The number of rotatable bonds is 7. The van der Waals surface area contributed by atoms with Crippen LogP contribution in [0.2, 0.25) is 0 Å².